The molecule has 0 amide bonds. The molecule has 152 valence electrons. The molecular formula is C21H22N2O6. The topological polar surface area (TPSA) is 92.0 Å². The summed E-state index contributed by atoms with van der Waals surface area (Å²) in [5, 5.41) is 14.7. The Kier molecular flexibility index (Phi) is 5.63. The van der Waals surface area contributed by atoms with Crippen LogP contribution in [0.15, 0.2) is 30.3 Å². The number of aryl methyl sites for hydroxylation is 1. The molecule has 1 heterocycles. The maximum absolute atomic E-state index is 11.8. The molecule has 29 heavy (non-hydrogen) atoms. The highest BCUT2D eigenvalue weighted by Crippen LogP contribution is 2.41. The number of carbonyl (C=O) groups excluding carboxylic acids is 1. The summed E-state index contributed by atoms with van der Waals surface area (Å²) in [7, 11) is 6.04. The van der Waals surface area contributed by atoms with Crippen LogP contribution < -0.4 is 18.9 Å². The second-order valence-corrected chi connectivity index (χ2v) is 6.15. The highest BCUT2D eigenvalue weighted by Gasteiger charge is 2.22. The first-order valence-corrected chi connectivity index (χ1v) is 8.71. The number of hydrogen-bond donors (Lipinski definition) is 1. The van der Waals surface area contributed by atoms with Gasteiger partial charge in [-0.3, -0.25) is 4.79 Å². The van der Waals surface area contributed by atoms with Crippen molar-refractivity contribution in [2.75, 3.05) is 28.4 Å². The first kappa shape index (κ1) is 20.1. The number of benzene rings is 2. The molecule has 0 fully saturated rings. The van der Waals surface area contributed by atoms with E-state index in [-0.39, 0.29) is 5.75 Å². The van der Waals surface area contributed by atoms with Crippen molar-refractivity contribution in [3.63, 3.8) is 0 Å². The maximum atomic E-state index is 11.8. The smallest absolute Gasteiger partial charge is 0.203 e. The van der Waals surface area contributed by atoms with Gasteiger partial charge in [0.25, 0.3) is 0 Å². The van der Waals surface area contributed by atoms with Gasteiger partial charge in [0.15, 0.2) is 29.3 Å². The molecule has 0 radical (unpaired) electrons. The second-order valence-electron chi connectivity index (χ2n) is 6.15. The van der Waals surface area contributed by atoms with E-state index in [2.05, 4.69) is 5.10 Å². The minimum atomic E-state index is -0.0443. The van der Waals surface area contributed by atoms with E-state index in [0.29, 0.717) is 51.2 Å². The third kappa shape index (κ3) is 3.44. The highest BCUT2D eigenvalue weighted by molar-refractivity contribution is 5.88. The van der Waals surface area contributed by atoms with Crippen LogP contribution in [0, 0.1) is 6.92 Å². The number of rotatable bonds is 7. The van der Waals surface area contributed by atoms with Gasteiger partial charge in [-0.25, -0.2) is 4.68 Å². The molecule has 3 aromatic rings. The summed E-state index contributed by atoms with van der Waals surface area (Å²) in [6.45, 7) is 1.74. The number of aromatic hydroxyl groups is 1. The van der Waals surface area contributed by atoms with Crippen molar-refractivity contribution in [2.45, 2.75) is 6.92 Å². The molecule has 0 saturated heterocycles. The number of nitrogens with zero attached hydrogens (tertiary/aromatic N) is 2. The van der Waals surface area contributed by atoms with Crippen molar-refractivity contribution in [3.8, 4) is 45.7 Å². The van der Waals surface area contributed by atoms with E-state index in [1.165, 1.54) is 34.5 Å². The Labute approximate surface area is 168 Å². The molecule has 1 N–H and O–H groups in total. The van der Waals surface area contributed by atoms with E-state index in [1.807, 2.05) is 0 Å². The number of aromatic nitrogens is 2. The standard InChI is InChI=1S/C21H22N2O6/c1-12-15(11-24)20(13-6-7-17(26-2)16(25)8-13)23(22-12)14-9-18(27-3)21(29-5)19(10-14)28-4/h6-11,25H,1-5H3. The quantitative estimate of drug-likeness (QED) is 0.610. The largest absolute Gasteiger partial charge is 0.504 e. The van der Waals surface area contributed by atoms with Crippen LogP contribution in [0.25, 0.3) is 16.9 Å². The van der Waals surface area contributed by atoms with E-state index in [0.717, 1.165) is 6.29 Å². The van der Waals surface area contributed by atoms with Crippen LogP contribution in [0.1, 0.15) is 16.1 Å². The average molecular weight is 398 g/mol. The molecule has 0 saturated carbocycles. The number of carbonyl (C=O) groups is 1. The highest BCUT2D eigenvalue weighted by atomic mass is 16.5. The first-order valence-electron chi connectivity index (χ1n) is 8.71. The molecule has 8 heteroatoms. The van der Waals surface area contributed by atoms with E-state index < -0.39 is 0 Å². The SMILES string of the molecule is COc1ccc(-c2c(C=O)c(C)nn2-c2cc(OC)c(OC)c(OC)c2)cc1O. The fourth-order valence-electron chi connectivity index (χ4n) is 3.17. The zero-order valence-electron chi connectivity index (χ0n) is 16.8. The van der Waals surface area contributed by atoms with Gasteiger partial charge in [0.1, 0.15) is 0 Å². The van der Waals surface area contributed by atoms with Crippen molar-refractivity contribution in [3.05, 3.63) is 41.6 Å². The lowest BCUT2D eigenvalue weighted by Gasteiger charge is -2.16. The molecule has 0 bridgehead atoms. The van der Waals surface area contributed by atoms with Gasteiger partial charge in [0, 0.05) is 17.7 Å². The zero-order chi connectivity index (χ0) is 21.1. The summed E-state index contributed by atoms with van der Waals surface area (Å²) in [5.41, 5.74) is 2.66. The van der Waals surface area contributed by atoms with Crippen LogP contribution in [0.3, 0.4) is 0 Å². The van der Waals surface area contributed by atoms with Crippen molar-refractivity contribution in [1.29, 1.82) is 0 Å². The minimum Gasteiger partial charge on any atom is -0.504 e. The molecule has 0 unspecified atom stereocenters. The summed E-state index contributed by atoms with van der Waals surface area (Å²) in [6.07, 6.45) is 0.743. The Morgan fingerprint density at radius 3 is 2.03 bits per heavy atom. The summed E-state index contributed by atoms with van der Waals surface area (Å²) < 4.78 is 22.9. The molecule has 1 aromatic heterocycles. The number of phenolic OH excluding ortho intramolecular Hbond substituents is 1. The van der Waals surface area contributed by atoms with Crippen LogP contribution in [0.5, 0.6) is 28.7 Å². The lowest BCUT2D eigenvalue weighted by Crippen LogP contribution is -2.03. The van der Waals surface area contributed by atoms with Gasteiger partial charge in [-0.15, -0.1) is 0 Å². The fourth-order valence-corrected chi connectivity index (χ4v) is 3.17. The summed E-state index contributed by atoms with van der Waals surface area (Å²) in [6, 6.07) is 8.36. The molecule has 0 atom stereocenters. The molecule has 3 rings (SSSR count). The first-order chi connectivity index (χ1) is 14.0. The Morgan fingerprint density at radius 1 is 0.931 bits per heavy atom. The molecule has 8 nitrogen and oxygen atoms in total. The lowest BCUT2D eigenvalue weighted by atomic mass is 10.1. The van der Waals surface area contributed by atoms with E-state index in [1.54, 1.807) is 35.9 Å². The number of methoxy groups -OCH3 is 4. The number of hydrogen-bond acceptors (Lipinski definition) is 7. The van der Waals surface area contributed by atoms with E-state index in [9.17, 15) is 9.90 Å². The van der Waals surface area contributed by atoms with Gasteiger partial charge in [-0.05, 0) is 25.1 Å². The summed E-state index contributed by atoms with van der Waals surface area (Å²) in [5.74, 6) is 1.63. The Morgan fingerprint density at radius 2 is 1.55 bits per heavy atom. The molecule has 0 aliphatic rings. The number of ether oxygens (including phenoxy) is 4. The Balaban J connectivity index is 2.30. The average Bonchev–Trinajstić information content (AvgIpc) is 3.08. The number of phenols is 1. The summed E-state index contributed by atoms with van der Waals surface area (Å²) >= 11 is 0. The maximum Gasteiger partial charge on any atom is 0.203 e. The third-order valence-electron chi connectivity index (χ3n) is 4.57. The van der Waals surface area contributed by atoms with Crippen molar-refractivity contribution in [1.82, 2.24) is 9.78 Å². The predicted octanol–water partition coefficient (Wildman–Crippen LogP) is 3.40. The number of aldehydes is 1. The van der Waals surface area contributed by atoms with Gasteiger partial charge in [-0.1, -0.05) is 0 Å². The van der Waals surface area contributed by atoms with Crippen LogP contribution in [-0.2, 0) is 0 Å². The minimum absolute atomic E-state index is 0.0443. The van der Waals surface area contributed by atoms with Crippen LogP contribution in [-0.4, -0.2) is 49.6 Å². The molecule has 0 aliphatic carbocycles. The van der Waals surface area contributed by atoms with Gasteiger partial charge < -0.3 is 24.1 Å². The predicted molar refractivity (Wildman–Crippen MR) is 107 cm³/mol. The lowest BCUT2D eigenvalue weighted by molar-refractivity contribution is 0.112. The molecule has 0 spiro atoms. The van der Waals surface area contributed by atoms with Crippen LogP contribution >= 0.6 is 0 Å². The zero-order valence-corrected chi connectivity index (χ0v) is 16.8. The normalized spacial score (nSPS) is 10.5. The van der Waals surface area contributed by atoms with Crippen molar-refractivity contribution >= 4 is 6.29 Å². The second kappa shape index (κ2) is 8.14. The van der Waals surface area contributed by atoms with Gasteiger partial charge >= 0.3 is 0 Å². The van der Waals surface area contributed by atoms with Gasteiger partial charge in [-0.2, -0.15) is 5.10 Å². The summed E-state index contributed by atoms with van der Waals surface area (Å²) in [4.78, 5) is 11.8. The Bertz CT molecular complexity index is 1030. The fraction of sp³-hybridized carbons (Fsp3) is 0.238. The van der Waals surface area contributed by atoms with Gasteiger partial charge in [0.2, 0.25) is 5.75 Å². The monoisotopic (exact) mass is 398 g/mol. The van der Waals surface area contributed by atoms with Gasteiger partial charge in [0.05, 0.1) is 51.1 Å². The molecular weight excluding hydrogens is 376 g/mol. The van der Waals surface area contributed by atoms with Crippen molar-refractivity contribution in [2.24, 2.45) is 0 Å². The van der Waals surface area contributed by atoms with Crippen molar-refractivity contribution < 1.29 is 28.8 Å². The molecule has 2 aromatic carbocycles. The van der Waals surface area contributed by atoms with Crippen LogP contribution in [0.4, 0.5) is 0 Å². The van der Waals surface area contributed by atoms with E-state index in [4.69, 9.17) is 18.9 Å². The van der Waals surface area contributed by atoms with E-state index >= 15 is 0 Å². The molecule has 0 aliphatic heterocycles. The Hall–Kier alpha value is -3.68. The third-order valence-corrected chi connectivity index (χ3v) is 4.57. The van der Waals surface area contributed by atoms with Crippen LogP contribution in [0.2, 0.25) is 0 Å².